The number of hydrogen-bond acceptors (Lipinski definition) is 2. The molecule has 14 heavy (non-hydrogen) atoms. The third-order valence-corrected chi connectivity index (χ3v) is 2.04. The molecule has 0 unspecified atom stereocenters. The zero-order chi connectivity index (χ0) is 10.7. The minimum Gasteiger partial charge on any atom is -0.399 e. The van der Waals surface area contributed by atoms with Crippen molar-refractivity contribution in [2.75, 3.05) is 24.2 Å². The van der Waals surface area contributed by atoms with Gasteiger partial charge in [0.15, 0.2) is 0 Å². The summed E-state index contributed by atoms with van der Waals surface area (Å²) in [5, 5.41) is 0. The largest absolute Gasteiger partial charge is 0.399 e. The number of hydrogen-bond donors (Lipinski definition) is 1. The molecule has 78 valence electrons. The Kier molecular flexibility index (Phi) is 3.28. The fourth-order valence-electron chi connectivity index (χ4n) is 1.41. The monoisotopic (exact) mass is 200 g/mol. The van der Waals surface area contributed by atoms with Gasteiger partial charge in [-0.3, -0.25) is 0 Å². The standard InChI is InChI=1S/C10H14F2N2/c1-7-5-8(13)3-4-9(7)14(2)6-10(11)12/h3-5,10H,6,13H2,1-2H3. The maximum atomic E-state index is 12.1. The minimum atomic E-state index is -2.32. The molecule has 0 saturated carbocycles. The number of nitrogens with two attached hydrogens (primary N) is 1. The summed E-state index contributed by atoms with van der Waals surface area (Å²) in [6, 6.07) is 5.24. The van der Waals surface area contributed by atoms with E-state index in [1.165, 1.54) is 4.90 Å². The Bertz CT molecular complexity index is 313. The molecule has 0 spiro atoms. The molecule has 0 fully saturated rings. The molecular formula is C10H14F2N2. The van der Waals surface area contributed by atoms with Crippen molar-refractivity contribution in [1.29, 1.82) is 0 Å². The topological polar surface area (TPSA) is 29.3 Å². The van der Waals surface area contributed by atoms with Crippen LogP contribution in [0.4, 0.5) is 20.2 Å². The Balaban J connectivity index is 2.84. The number of benzene rings is 1. The van der Waals surface area contributed by atoms with Crippen LogP contribution in [-0.4, -0.2) is 20.0 Å². The lowest BCUT2D eigenvalue weighted by atomic mass is 10.1. The summed E-state index contributed by atoms with van der Waals surface area (Å²) in [7, 11) is 1.64. The molecular weight excluding hydrogens is 186 g/mol. The molecule has 0 aliphatic rings. The van der Waals surface area contributed by atoms with E-state index in [-0.39, 0.29) is 6.54 Å². The first-order chi connectivity index (χ1) is 6.50. The van der Waals surface area contributed by atoms with Gasteiger partial charge >= 0.3 is 0 Å². The Morgan fingerprint density at radius 2 is 2.07 bits per heavy atom. The van der Waals surface area contributed by atoms with Gasteiger partial charge in [0, 0.05) is 18.4 Å². The maximum Gasteiger partial charge on any atom is 0.255 e. The van der Waals surface area contributed by atoms with E-state index in [2.05, 4.69) is 0 Å². The van der Waals surface area contributed by atoms with Crippen molar-refractivity contribution >= 4 is 11.4 Å². The third kappa shape index (κ3) is 2.58. The van der Waals surface area contributed by atoms with Gasteiger partial charge in [0.1, 0.15) is 0 Å². The van der Waals surface area contributed by atoms with Crippen LogP contribution in [0.5, 0.6) is 0 Å². The lowest BCUT2D eigenvalue weighted by Crippen LogP contribution is -2.24. The summed E-state index contributed by atoms with van der Waals surface area (Å²) in [6.45, 7) is 1.60. The van der Waals surface area contributed by atoms with Gasteiger partial charge in [0.05, 0.1) is 6.54 Å². The Labute approximate surface area is 82.3 Å². The fraction of sp³-hybridized carbons (Fsp3) is 0.400. The van der Waals surface area contributed by atoms with Crippen molar-refractivity contribution < 1.29 is 8.78 Å². The van der Waals surface area contributed by atoms with Crippen LogP contribution in [0, 0.1) is 6.92 Å². The van der Waals surface area contributed by atoms with Crippen LogP contribution in [-0.2, 0) is 0 Å². The number of nitrogens with zero attached hydrogens (tertiary/aromatic N) is 1. The van der Waals surface area contributed by atoms with Crippen LogP contribution in [0.15, 0.2) is 18.2 Å². The second kappa shape index (κ2) is 4.26. The smallest absolute Gasteiger partial charge is 0.255 e. The van der Waals surface area contributed by atoms with E-state index in [1.807, 2.05) is 6.92 Å². The first kappa shape index (κ1) is 10.8. The van der Waals surface area contributed by atoms with Gasteiger partial charge < -0.3 is 10.6 Å². The van der Waals surface area contributed by atoms with Crippen molar-refractivity contribution in [3.8, 4) is 0 Å². The molecule has 0 aromatic heterocycles. The van der Waals surface area contributed by atoms with Crippen LogP contribution in [0.2, 0.25) is 0 Å². The Morgan fingerprint density at radius 3 is 2.57 bits per heavy atom. The quantitative estimate of drug-likeness (QED) is 0.758. The van der Waals surface area contributed by atoms with Crippen LogP contribution >= 0.6 is 0 Å². The minimum absolute atomic E-state index is 0.259. The van der Waals surface area contributed by atoms with Gasteiger partial charge in [-0.2, -0.15) is 0 Å². The highest BCUT2D eigenvalue weighted by Crippen LogP contribution is 2.21. The molecule has 0 heterocycles. The second-order valence-corrected chi connectivity index (χ2v) is 3.32. The lowest BCUT2D eigenvalue weighted by molar-refractivity contribution is 0.156. The van der Waals surface area contributed by atoms with E-state index in [9.17, 15) is 8.78 Å². The van der Waals surface area contributed by atoms with Gasteiger partial charge in [-0.1, -0.05) is 0 Å². The number of anilines is 2. The molecule has 0 atom stereocenters. The number of rotatable bonds is 3. The molecule has 1 aromatic carbocycles. The molecule has 0 aliphatic heterocycles. The number of halogens is 2. The second-order valence-electron chi connectivity index (χ2n) is 3.32. The van der Waals surface area contributed by atoms with Gasteiger partial charge in [-0.15, -0.1) is 0 Å². The molecule has 1 aromatic rings. The summed E-state index contributed by atoms with van der Waals surface area (Å²) < 4.78 is 24.2. The normalized spacial score (nSPS) is 10.6. The van der Waals surface area contributed by atoms with E-state index < -0.39 is 6.43 Å². The predicted molar refractivity (Wildman–Crippen MR) is 54.9 cm³/mol. The average Bonchev–Trinajstić information content (AvgIpc) is 2.01. The van der Waals surface area contributed by atoms with Gasteiger partial charge in [0.25, 0.3) is 6.43 Å². The first-order valence-electron chi connectivity index (χ1n) is 4.36. The van der Waals surface area contributed by atoms with Crippen LogP contribution < -0.4 is 10.6 Å². The van der Waals surface area contributed by atoms with Crippen LogP contribution in [0.1, 0.15) is 5.56 Å². The molecule has 2 nitrogen and oxygen atoms in total. The zero-order valence-electron chi connectivity index (χ0n) is 8.30. The predicted octanol–water partition coefficient (Wildman–Crippen LogP) is 2.28. The highest BCUT2D eigenvalue weighted by molar-refractivity contribution is 5.58. The summed E-state index contributed by atoms with van der Waals surface area (Å²) in [5.74, 6) is 0. The van der Waals surface area contributed by atoms with Crippen molar-refractivity contribution in [3.05, 3.63) is 23.8 Å². The van der Waals surface area contributed by atoms with Crippen LogP contribution in [0.25, 0.3) is 0 Å². The van der Waals surface area contributed by atoms with E-state index in [0.29, 0.717) is 5.69 Å². The first-order valence-corrected chi connectivity index (χ1v) is 4.36. The van der Waals surface area contributed by atoms with E-state index in [4.69, 9.17) is 5.73 Å². The highest BCUT2D eigenvalue weighted by atomic mass is 19.3. The summed E-state index contributed by atoms with van der Waals surface area (Å²) in [6.07, 6.45) is -2.32. The van der Waals surface area contributed by atoms with Gasteiger partial charge in [-0.25, -0.2) is 8.78 Å². The van der Waals surface area contributed by atoms with E-state index >= 15 is 0 Å². The van der Waals surface area contributed by atoms with Crippen molar-refractivity contribution in [1.82, 2.24) is 0 Å². The Hall–Kier alpha value is -1.32. The molecule has 0 radical (unpaired) electrons. The third-order valence-electron chi connectivity index (χ3n) is 2.04. The van der Waals surface area contributed by atoms with E-state index in [1.54, 1.807) is 25.2 Å². The molecule has 1 rings (SSSR count). The number of nitrogen functional groups attached to an aromatic ring is 1. The summed E-state index contributed by atoms with van der Waals surface area (Å²) >= 11 is 0. The Morgan fingerprint density at radius 1 is 1.43 bits per heavy atom. The molecule has 0 amide bonds. The SMILES string of the molecule is Cc1cc(N)ccc1N(C)CC(F)F. The lowest BCUT2D eigenvalue weighted by Gasteiger charge is -2.21. The molecule has 0 saturated heterocycles. The van der Waals surface area contributed by atoms with Gasteiger partial charge in [0.2, 0.25) is 0 Å². The highest BCUT2D eigenvalue weighted by Gasteiger charge is 2.10. The summed E-state index contributed by atoms with van der Waals surface area (Å²) in [4.78, 5) is 1.53. The van der Waals surface area contributed by atoms with Crippen molar-refractivity contribution in [2.24, 2.45) is 0 Å². The molecule has 2 N–H and O–H groups in total. The number of alkyl halides is 2. The number of aryl methyl sites for hydroxylation is 1. The average molecular weight is 200 g/mol. The van der Waals surface area contributed by atoms with Crippen LogP contribution in [0.3, 0.4) is 0 Å². The molecule has 4 heteroatoms. The van der Waals surface area contributed by atoms with Gasteiger partial charge in [-0.05, 0) is 30.7 Å². The maximum absolute atomic E-state index is 12.1. The molecule has 0 bridgehead atoms. The fourth-order valence-corrected chi connectivity index (χ4v) is 1.41. The molecule has 0 aliphatic carbocycles. The van der Waals surface area contributed by atoms with Crippen molar-refractivity contribution in [2.45, 2.75) is 13.3 Å². The zero-order valence-corrected chi connectivity index (χ0v) is 8.30. The van der Waals surface area contributed by atoms with Crippen molar-refractivity contribution in [3.63, 3.8) is 0 Å². The van der Waals surface area contributed by atoms with E-state index in [0.717, 1.165) is 11.3 Å². The summed E-state index contributed by atoms with van der Waals surface area (Å²) in [5.41, 5.74) is 7.91.